The van der Waals surface area contributed by atoms with Crippen molar-refractivity contribution >= 4 is 28.1 Å². The molecule has 1 aliphatic heterocycles. The Morgan fingerprint density at radius 2 is 1.61 bits per heavy atom. The number of hydrogen-bond acceptors (Lipinski definition) is 10. The van der Waals surface area contributed by atoms with Gasteiger partial charge in [-0.3, -0.25) is 14.9 Å². The minimum atomic E-state index is -1.45. The average molecular weight is 944 g/mol. The summed E-state index contributed by atoms with van der Waals surface area (Å²) in [5.74, 6) is -1.55. The lowest BCUT2D eigenvalue weighted by molar-refractivity contribution is -0.384. The van der Waals surface area contributed by atoms with E-state index in [1.54, 1.807) is 30.3 Å². The molecule has 6 unspecified atom stereocenters. The van der Waals surface area contributed by atoms with Gasteiger partial charge in [-0.05, 0) is 102 Å². The number of unbranched alkanes of at least 4 members (excludes halogenated alkanes) is 10. The molecular weight excluding hydrogens is 871 g/mol. The monoisotopic (exact) mass is 944 g/mol. The van der Waals surface area contributed by atoms with Crippen molar-refractivity contribution in [2.45, 2.75) is 147 Å². The number of oxime groups is 1. The second-order valence-electron chi connectivity index (χ2n) is 19.2. The van der Waals surface area contributed by atoms with E-state index in [0.717, 1.165) is 78.8 Å². The Kier molecular flexibility index (Phi) is 18.8. The SMILES string of the molecule is C=CCOC12Oc3ccc(O)cc3C3C(CCCCO)C(CCCCO)C=C(C(=NOCc4ccc([N+](=O)[O-])cc4)CC1N(Cc1cccc4ccccc14)C(=O)CCCCCCCCCCC)C32. The van der Waals surface area contributed by atoms with Crippen LogP contribution in [0, 0.1) is 27.9 Å². The molecule has 3 aliphatic rings. The second kappa shape index (κ2) is 25.3. The van der Waals surface area contributed by atoms with Gasteiger partial charge in [-0.1, -0.05) is 131 Å². The number of amides is 1. The van der Waals surface area contributed by atoms with Crippen LogP contribution in [0.25, 0.3) is 10.8 Å². The zero-order valence-corrected chi connectivity index (χ0v) is 40.5. The molecule has 6 atom stereocenters. The Bertz CT molecular complexity index is 2380. The summed E-state index contributed by atoms with van der Waals surface area (Å²) in [5.41, 5.74) is 4.08. The van der Waals surface area contributed by atoms with Crippen molar-refractivity contribution in [2.75, 3.05) is 19.8 Å². The molecule has 1 saturated carbocycles. The number of hydrogen-bond donors (Lipinski definition) is 3. The molecule has 0 radical (unpaired) electrons. The van der Waals surface area contributed by atoms with Gasteiger partial charge in [-0.2, -0.15) is 0 Å². The highest BCUT2D eigenvalue weighted by Gasteiger charge is 2.65. The van der Waals surface area contributed by atoms with Crippen LogP contribution in [0.4, 0.5) is 5.69 Å². The summed E-state index contributed by atoms with van der Waals surface area (Å²) < 4.78 is 14.6. The first-order valence-corrected chi connectivity index (χ1v) is 25.6. The summed E-state index contributed by atoms with van der Waals surface area (Å²) in [6.45, 7) is 6.94. The number of carbonyl (C=O) groups excluding carboxylic acids is 1. The summed E-state index contributed by atoms with van der Waals surface area (Å²) >= 11 is 0. The highest BCUT2D eigenvalue weighted by Crippen LogP contribution is 2.62. The van der Waals surface area contributed by atoms with Gasteiger partial charge in [0.25, 0.3) is 5.69 Å². The predicted octanol–water partition coefficient (Wildman–Crippen LogP) is 12.2. The molecule has 12 nitrogen and oxygen atoms in total. The maximum Gasteiger partial charge on any atom is 0.269 e. The number of nitro benzene ring substituents is 1. The molecule has 69 heavy (non-hydrogen) atoms. The number of ether oxygens (including phenoxy) is 2. The van der Waals surface area contributed by atoms with Gasteiger partial charge in [0.15, 0.2) is 0 Å². The first kappa shape index (κ1) is 51.3. The summed E-state index contributed by atoms with van der Waals surface area (Å²) in [7, 11) is 0. The number of aromatic hydroxyl groups is 1. The van der Waals surface area contributed by atoms with Crippen molar-refractivity contribution in [3.8, 4) is 11.5 Å². The van der Waals surface area contributed by atoms with Crippen LogP contribution in [-0.2, 0) is 27.5 Å². The second-order valence-corrected chi connectivity index (χ2v) is 19.2. The first-order chi connectivity index (χ1) is 33.7. The standard InChI is InChI=1S/C57H73N3O9/c1-3-5-6-7-8-9-10-11-12-26-54(64)59(39-44-23-19-22-42-20-13-14-24-47(42)44)53-38-51(58-68-40-41-27-29-45(30-28-41)60(65)66)49-36-43(21-15-17-33-61)48(25-16-18-34-62)55-50-37-46(63)31-32-52(50)69-57(53,56(49)55)67-35-4-2/h4,13-14,19-20,22-24,27-32,36-37,43,48,53,55-56,61-63H,2-3,5-12,15-18,21,25-26,33-35,38-40H2,1H3. The van der Waals surface area contributed by atoms with Gasteiger partial charge < -0.3 is 34.5 Å². The molecule has 0 bridgehead atoms. The number of phenols is 1. The fraction of sp³-hybridized carbons (Fsp3) is 0.509. The molecule has 2 aliphatic carbocycles. The van der Waals surface area contributed by atoms with E-state index in [4.69, 9.17) is 19.5 Å². The number of carbonyl (C=O) groups is 1. The van der Waals surface area contributed by atoms with E-state index in [1.165, 1.54) is 44.2 Å². The number of non-ortho nitro benzene ring substituents is 1. The van der Waals surface area contributed by atoms with Gasteiger partial charge in [-0.25, -0.2) is 0 Å². The molecule has 3 N–H and O–H groups in total. The van der Waals surface area contributed by atoms with E-state index < -0.39 is 22.7 Å². The van der Waals surface area contributed by atoms with E-state index in [-0.39, 0.29) is 74.5 Å². The molecule has 1 fully saturated rings. The summed E-state index contributed by atoms with van der Waals surface area (Å²) in [4.78, 5) is 34.7. The van der Waals surface area contributed by atoms with E-state index in [9.17, 15) is 25.4 Å². The fourth-order valence-electron chi connectivity index (χ4n) is 11.3. The van der Waals surface area contributed by atoms with Gasteiger partial charge >= 0.3 is 0 Å². The average Bonchev–Trinajstić information content (AvgIpc) is 3.36. The van der Waals surface area contributed by atoms with Gasteiger partial charge in [0.05, 0.1) is 23.2 Å². The zero-order chi connectivity index (χ0) is 48.6. The molecular formula is C57H73N3O9. The molecule has 0 aromatic heterocycles. The van der Waals surface area contributed by atoms with Crippen LogP contribution in [0.15, 0.2) is 114 Å². The molecule has 1 heterocycles. The lowest BCUT2D eigenvalue weighted by atomic mass is 9.55. The molecule has 4 aromatic rings. The van der Waals surface area contributed by atoms with Crippen LogP contribution in [0.3, 0.4) is 0 Å². The van der Waals surface area contributed by atoms with Crippen molar-refractivity contribution < 1.29 is 39.3 Å². The smallest absolute Gasteiger partial charge is 0.269 e. The van der Waals surface area contributed by atoms with Crippen molar-refractivity contribution in [2.24, 2.45) is 22.9 Å². The number of fused-ring (bicyclic) bond motifs is 3. The third-order valence-corrected chi connectivity index (χ3v) is 14.6. The van der Waals surface area contributed by atoms with Crippen molar-refractivity contribution in [1.82, 2.24) is 4.90 Å². The predicted molar refractivity (Wildman–Crippen MR) is 271 cm³/mol. The maximum atomic E-state index is 15.4. The lowest BCUT2D eigenvalue weighted by Gasteiger charge is -2.60. The van der Waals surface area contributed by atoms with Crippen LogP contribution in [-0.4, -0.2) is 68.4 Å². The third kappa shape index (κ3) is 12.4. The Morgan fingerprint density at radius 3 is 2.33 bits per heavy atom. The largest absolute Gasteiger partial charge is 0.508 e. The normalized spacial score (nSPS) is 22.0. The Morgan fingerprint density at radius 1 is 0.899 bits per heavy atom. The van der Waals surface area contributed by atoms with Gasteiger partial charge in [0.2, 0.25) is 11.7 Å². The molecule has 7 rings (SSSR count). The summed E-state index contributed by atoms with van der Waals surface area (Å²) in [6.07, 6.45) is 19.1. The lowest BCUT2D eigenvalue weighted by Crippen LogP contribution is -2.70. The number of aliphatic hydroxyl groups excluding tert-OH is 2. The number of phenolic OH excluding ortho intramolecular Hbond substituents is 1. The molecule has 1 amide bonds. The highest BCUT2D eigenvalue weighted by atomic mass is 16.7. The van der Waals surface area contributed by atoms with Gasteiger partial charge in [0, 0.05) is 56.2 Å². The number of aliphatic hydroxyl groups is 2. The van der Waals surface area contributed by atoms with Crippen molar-refractivity contribution in [3.05, 3.63) is 136 Å². The number of rotatable bonds is 28. The fourth-order valence-corrected chi connectivity index (χ4v) is 11.3. The van der Waals surface area contributed by atoms with Crippen molar-refractivity contribution in [1.29, 1.82) is 0 Å². The Labute approximate surface area is 408 Å². The minimum absolute atomic E-state index is 0.00497. The van der Waals surface area contributed by atoms with Crippen molar-refractivity contribution in [3.63, 3.8) is 0 Å². The molecule has 0 saturated heterocycles. The van der Waals surface area contributed by atoms with E-state index in [1.807, 2.05) is 29.2 Å². The number of allylic oxidation sites excluding steroid dienone is 1. The van der Waals surface area contributed by atoms with E-state index in [2.05, 4.69) is 43.8 Å². The van der Waals surface area contributed by atoms with E-state index >= 15 is 4.79 Å². The molecule has 12 heteroatoms. The Balaban J connectivity index is 1.37. The van der Waals surface area contributed by atoms with Gasteiger partial charge in [0.1, 0.15) is 24.1 Å². The minimum Gasteiger partial charge on any atom is -0.508 e. The van der Waals surface area contributed by atoms with Gasteiger partial charge in [-0.15, -0.1) is 6.58 Å². The maximum absolute atomic E-state index is 15.4. The van der Waals surface area contributed by atoms with E-state index in [0.29, 0.717) is 36.3 Å². The van der Waals surface area contributed by atoms with Crippen LogP contribution in [0.2, 0.25) is 0 Å². The van der Waals surface area contributed by atoms with Crippen LogP contribution < -0.4 is 4.74 Å². The number of nitrogens with zero attached hydrogens (tertiary/aromatic N) is 3. The topological polar surface area (TPSA) is 164 Å². The van der Waals surface area contributed by atoms with Crippen LogP contribution in [0.5, 0.6) is 11.5 Å². The zero-order valence-electron chi connectivity index (χ0n) is 40.5. The molecule has 370 valence electrons. The van der Waals surface area contributed by atoms with Crippen LogP contribution >= 0.6 is 0 Å². The molecule has 0 spiro atoms. The third-order valence-electron chi connectivity index (χ3n) is 14.6. The highest BCUT2D eigenvalue weighted by molar-refractivity contribution is 6.03. The quantitative estimate of drug-likeness (QED) is 0.0218. The molecule has 4 aromatic carbocycles. The summed E-state index contributed by atoms with van der Waals surface area (Å²) in [5, 5.41) is 49.7. The number of nitro groups is 1. The summed E-state index contributed by atoms with van der Waals surface area (Å²) in [6, 6.07) is 25.2. The van der Waals surface area contributed by atoms with Crippen LogP contribution in [0.1, 0.15) is 139 Å². The Hall–Kier alpha value is -5.56. The number of benzene rings is 4. The first-order valence-electron chi connectivity index (χ1n) is 25.6.